The first-order valence-electron chi connectivity index (χ1n) is 13.4. The number of nitrogens with one attached hydrogen (secondary N) is 1. The van der Waals surface area contributed by atoms with Crippen molar-refractivity contribution in [2.45, 2.75) is 51.1 Å². The minimum Gasteiger partial charge on any atom is -0.370 e. The molecule has 1 amide bonds. The smallest absolute Gasteiger partial charge is 0.252 e. The molecule has 1 N–H and O–H groups in total. The Kier molecular flexibility index (Phi) is 7.69. The lowest BCUT2D eigenvalue weighted by atomic mass is 9.95. The summed E-state index contributed by atoms with van der Waals surface area (Å²) in [5.74, 6) is -0.600. The minimum atomic E-state index is -0.919. The van der Waals surface area contributed by atoms with Crippen LogP contribution in [0.4, 0.5) is 10.1 Å². The topological polar surface area (TPSA) is 92.4 Å². The highest BCUT2D eigenvalue weighted by atomic mass is 19.1. The number of hydrogen-bond donors (Lipinski definition) is 1. The van der Waals surface area contributed by atoms with Gasteiger partial charge >= 0.3 is 0 Å². The number of anilines is 1. The number of carbonyl (C=O) groups is 1. The van der Waals surface area contributed by atoms with Crippen molar-refractivity contribution < 1.29 is 18.7 Å². The molecule has 2 aliphatic heterocycles. The summed E-state index contributed by atoms with van der Waals surface area (Å²) in [6, 6.07) is 16.6. The van der Waals surface area contributed by atoms with Crippen LogP contribution in [0, 0.1) is 23.1 Å². The highest BCUT2D eigenvalue weighted by molar-refractivity contribution is 5.82. The maximum atomic E-state index is 13.5. The van der Waals surface area contributed by atoms with Gasteiger partial charge in [0, 0.05) is 45.0 Å². The van der Waals surface area contributed by atoms with Crippen molar-refractivity contribution in [3.63, 3.8) is 0 Å². The first-order valence-corrected chi connectivity index (χ1v) is 13.4. The zero-order valence-corrected chi connectivity index (χ0v) is 22.6. The molecule has 2 aromatic carbocycles. The Balaban J connectivity index is 1.20. The number of nitrogens with zero attached hydrogens (tertiary/aromatic N) is 4. The lowest BCUT2D eigenvalue weighted by Gasteiger charge is -2.34. The summed E-state index contributed by atoms with van der Waals surface area (Å²) in [4.78, 5) is 20.1. The summed E-state index contributed by atoms with van der Waals surface area (Å²) in [5.41, 5.74) is 3.30. The van der Waals surface area contributed by atoms with E-state index < -0.39 is 23.8 Å². The van der Waals surface area contributed by atoms with E-state index in [4.69, 9.17) is 9.47 Å². The van der Waals surface area contributed by atoms with Gasteiger partial charge in [0.2, 0.25) is 0 Å². The van der Waals surface area contributed by atoms with Crippen LogP contribution in [0.3, 0.4) is 0 Å². The third kappa shape index (κ3) is 5.97. The zero-order chi connectivity index (χ0) is 27.6. The minimum absolute atomic E-state index is 0.217. The second-order valence-corrected chi connectivity index (χ2v) is 10.8. The van der Waals surface area contributed by atoms with Crippen LogP contribution in [0.1, 0.15) is 55.4 Å². The first kappa shape index (κ1) is 26.9. The van der Waals surface area contributed by atoms with Gasteiger partial charge in [0.25, 0.3) is 5.91 Å². The fourth-order valence-electron chi connectivity index (χ4n) is 5.43. The van der Waals surface area contributed by atoms with E-state index in [1.807, 2.05) is 49.9 Å². The van der Waals surface area contributed by atoms with E-state index in [1.54, 1.807) is 6.07 Å². The summed E-state index contributed by atoms with van der Waals surface area (Å²) in [6.45, 7) is 5.60. The quantitative estimate of drug-likeness (QED) is 0.490. The van der Waals surface area contributed by atoms with Crippen molar-refractivity contribution in [2.75, 3.05) is 24.5 Å². The normalized spacial score (nSPS) is 21.1. The van der Waals surface area contributed by atoms with E-state index in [-0.39, 0.29) is 11.8 Å². The van der Waals surface area contributed by atoms with Crippen LogP contribution in [-0.2, 0) is 27.7 Å². The van der Waals surface area contributed by atoms with Gasteiger partial charge in [0.05, 0.1) is 11.3 Å². The van der Waals surface area contributed by atoms with Crippen molar-refractivity contribution in [3.05, 3.63) is 83.2 Å². The Labute approximate surface area is 228 Å². The van der Waals surface area contributed by atoms with Crippen LogP contribution in [-0.4, -0.2) is 47.0 Å². The van der Waals surface area contributed by atoms with Gasteiger partial charge in [0.1, 0.15) is 17.7 Å². The van der Waals surface area contributed by atoms with E-state index in [1.165, 1.54) is 17.7 Å². The molecule has 0 aliphatic carbocycles. The Morgan fingerprint density at radius 1 is 1.18 bits per heavy atom. The van der Waals surface area contributed by atoms with Gasteiger partial charge in [-0.1, -0.05) is 30.3 Å². The van der Waals surface area contributed by atoms with E-state index in [2.05, 4.69) is 33.4 Å². The number of piperidine rings is 1. The molecule has 39 heavy (non-hydrogen) atoms. The van der Waals surface area contributed by atoms with Gasteiger partial charge in [-0.3, -0.25) is 4.79 Å². The lowest BCUT2D eigenvalue weighted by molar-refractivity contribution is -0.156. The molecule has 0 bridgehead atoms. The van der Waals surface area contributed by atoms with E-state index in [0.717, 1.165) is 43.7 Å². The molecule has 3 heterocycles. The lowest BCUT2D eigenvalue weighted by Crippen LogP contribution is -2.43. The van der Waals surface area contributed by atoms with Gasteiger partial charge < -0.3 is 24.3 Å². The number of carbonyl (C=O) groups excluding carboxylic acids is 1. The summed E-state index contributed by atoms with van der Waals surface area (Å²) in [7, 11) is 1.94. The molecular formula is C30H34FN5O3. The van der Waals surface area contributed by atoms with Crippen LogP contribution in [0.25, 0.3) is 0 Å². The molecule has 3 aromatic rings. The van der Waals surface area contributed by atoms with Crippen molar-refractivity contribution in [1.29, 1.82) is 5.26 Å². The monoisotopic (exact) mass is 531 g/mol. The zero-order valence-electron chi connectivity index (χ0n) is 22.6. The molecule has 0 spiro atoms. The number of rotatable bonds is 7. The Bertz CT molecular complexity index is 1360. The third-order valence-corrected chi connectivity index (χ3v) is 7.56. The van der Waals surface area contributed by atoms with Crippen LogP contribution >= 0.6 is 0 Å². The fraction of sp³-hybridized carbons (Fsp3) is 0.433. The van der Waals surface area contributed by atoms with Crippen LogP contribution < -0.4 is 10.2 Å². The molecule has 2 aliphatic rings. The number of halogens is 1. The molecule has 5 rings (SSSR count). The van der Waals surface area contributed by atoms with Crippen molar-refractivity contribution in [2.24, 2.45) is 13.0 Å². The Hall–Kier alpha value is -3.74. The number of aromatic nitrogens is 2. The van der Waals surface area contributed by atoms with Gasteiger partial charge in [-0.05, 0) is 56.4 Å². The molecule has 9 heteroatoms. The predicted molar refractivity (Wildman–Crippen MR) is 144 cm³/mol. The second-order valence-electron chi connectivity index (χ2n) is 10.8. The highest BCUT2D eigenvalue weighted by Crippen LogP contribution is 2.38. The molecule has 204 valence electrons. The average Bonchev–Trinajstić information content (AvgIpc) is 3.46. The number of ether oxygens (including phenoxy) is 2. The van der Waals surface area contributed by atoms with Crippen LogP contribution in [0.5, 0.6) is 0 Å². The number of imidazole rings is 1. The molecular weight excluding hydrogens is 497 g/mol. The van der Waals surface area contributed by atoms with Crippen molar-refractivity contribution in [3.8, 4) is 6.07 Å². The molecule has 2 atom stereocenters. The summed E-state index contributed by atoms with van der Waals surface area (Å²) < 4.78 is 27.7. The van der Waals surface area contributed by atoms with Gasteiger partial charge in [-0.15, -0.1) is 0 Å². The number of amides is 1. The van der Waals surface area contributed by atoms with Gasteiger partial charge in [-0.25, -0.2) is 9.37 Å². The van der Waals surface area contributed by atoms with Crippen LogP contribution in [0.2, 0.25) is 0 Å². The van der Waals surface area contributed by atoms with E-state index >= 15 is 0 Å². The molecule has 0 radical (unpaired) electrons. The van der Waals surface area contributed by atoms with E-state index in [0.29, 0.717) is 17.9 Å². The molecule has 2 fully saturated rings. The Morgan fingerprint density at radius 2 is 1.92 bits per heavy atom. The van der Waals surface area contributed by atoms with E-state index in [9.17, 15) is 14.4 Å². The summed E-state index contributed by atoms with van der Waals surface area (Å²) in [6.07, 6.45) is 2.81. The van der Waals surface area contributed by atoms with Gasteiger partial charge in [-0.2, -0.15) is 5.26 Å². The third-order valence-electron chi connectivity index (χ3n) is 7.56. The average molecular weight is 532 g/mol. The number of benzene rings is 2. The number of hydrogen-bond acceptors (Lipinski definition) is 6. The predicted octanol–water partition coefficient (Wildman–Crippen LogP) is 4.25. The first-order chi connectivity index (χ1) is 18.7. The molecule has 8 nitrogen and oxygen atoms in total. The largest absolute Gasteiger partial charge is 0.370 e. The highest BCUT2D eigenvalue weighted by Gasteiger charge is 2.48. The fourth-order valence-corrected chi connectivity index (χ4v) is 5.43. The maximum Gasteiger partial charge on any atom is 0.252 e. The van der Waals surface area contributed by atoms with Crippen LogP contribution in [0.15, 0.2) is 54.7 Å². The SMILES string of the molecule is Cn1c(Cc2ccccc2)cnc1[C@@H]1OC(C)(C)O[C@H]1C(=O)NCC1CCN(c2ccc(F)cc2C#N)CC1. The number of nitriles is 1. The molecule has 0 saturated carbocycles. The molecule has 0 unspecified atom stereocenters. The molecule has 2 saturated heterocycles. The summed E-state index contributed by atoms with van der Waals surface area (Å²) in [5, 5.41) is 12.5. The van der Waals surface area contributed by atoms with Crippen molar-refractivity contribution >= 4 is 11.6 Å². The van der Waals surface area contributed by atoms with Crippen molar-refractivity contribution in [1.82, 2.24) is 14.9 Å². The second kappa shape index (κ2) is 11.2. The maximum absolute atomic E-state index is 13.5. The van der Waals surface area contributed by atoms with Gasteiger partial charge in [0.15, 0.2) is 18.0 Å². The standard InChI is InChI=1S/C30H34FN5O3/c1-30(2)38-26(28-33-19-24(35(28)3)15-20-7-5-4-6-8-20)27(39-30)29(37)34-18-21-11-13-36(14-12-21)25-10-9-23(31)16-22(25)17-32/h4-10,16,19,21,26-27H,11-15,18H2,1-3H3,(H,34,37)/t26-,27-/m1/s1. The molecule has 1 aromatic heterocycles. The summed E-state index contributed by atoms with van der Waals surface area (Å²) >= 11 is 0. The Morgan fingerprint density at radius 3 is 2.64 bits per heavy atom.